The first-order valence-electron chi connectivity index (χ1n) is 6.34. The molecule has 0 saturated heterocycles. The lowest BCUT2D eigenvalue weighted by molar-refractivity contribution is 0.867. The van der Waals surface area contributed by atoms with Crippen molar-refractivity contribution >= 4 is 0 Å². The average molecular weight is 240 g/mol. The van der Waals surface area contributed by atoms with Crippen LogP contribution in [0.3, 0.4) is 0 Å². The van der Waals surface area contributed by atoms with Crippen LogP contribution in [0, 0.1) is 0 Å². The summed E-state index contributed by atoms with van der Waals surface area (Å²) in [5.74, 6) is 0.659. The second-order valence-electron chi connectivity index (χ2n) is 4.13. The first kappa shape index (κ1) is 16.2. The number of rotatable bonds is 1. The molecule has 0 unspecified atom stereocenters. The zero-order valence-corrected chi connectivity index (χ0v) is 11.7. The van der Waals surface area contributed by atoms with E-state index in [0.29, 0.717) is 5.92 Å². The summed E-state index contributed by atoms with van der Waals surface area (Å²) in [6.07, 6.45) is 1.75. The summed E-state index contributed by atoms with van der Waals surface area (Å²) in [6.45, 7) is 9.66. The Labute approximate surface area is 112 Å². The van der Waals surface area contributed by atoms with Crippen molar-refractivity contribution in [2.75, 3.05) is 0 Å². The lowest BCUT2D eigenvalue weighted by Crippen LogP contribution is -1.83. The Morgan fingerprint density at radius 1 is 0.778 bits per heavy atom. The fourth-order valence-electron chi connectivity index (χ4n) is 1.22. The first-order valence-corrected chi connectivity index (χ1v) is 6.34. The van der Waals surface area contributed by atoms with Crippen LogP contribution in [-0.2, 0) is 0 Å². The number of hydrogen-bond donors (Lipinski definition) is 0. The molecule has 0 aliphatic carbocycles. The maximum Gasteiger partial charge on any atom is -0.0219 e. The Morgan fingerprint density at radius 3 is 1.28 bits per heavy atom. The molecule has 0 aliphatic rings. The zero-order valence-electron chi connectivity index (χ0n) is 11.7. The quantitative estimate of drug-likeness (QED) is 0.562. The van der Waals surface area contributed by atoms with Crippen LogP contribution in [0.4, 0.5) is 0 Å². The third-order valence-electron chi connectivity index (χ3n) is 2.13. The van der Waals surface area contributed by atoms with Gasteiger partial charge >= 0.3 is 0 Å². The van der Waals surface area contributed by atoms with Crippen molar-refractivity contribution in [2.45, 2.75) is 26.7 Å². The van der Waals surface area contributed by atoms with E-state index in [1.807, 2.05) is 49.4 Å². The maximum absolute atomic E-state index is 3.36. The van der Waals surface area contributed by atoms with Crippen molar-refractivity contribution in [3.05, 3.63) is 84.9 Å². The van der Waals surface area contributed by atoms with Crippen LogP contribution < -0.4 is 0 Å². The first-order chi connectivity index (χ1) is 8.72. The van der Waals surface area contributed by atoms with Crippen LogP contribution >= 0.6 is 0 Å². The van der Waals surface area contributed by atoms with E-state index in [-0.39, 0.29) is 0 Å². The molecule has 0 aromatic heterocycles. The molecule has 2 rings (SSSR count). The van der Waals surface area contributed by atoms with E-state index in [1.54, 1.807) is 6.08 Å². The maximum atomic E-state index is 3.36. The Bertz CT molecular complexity index is 347. The second kappa shape index (κ2) is 11.7. The van der Waals surface area contributed by atoms with Gasteiger partial charge in [0, 0.05) is 0 Å². The highest BCUT2D eigenvalue weighted by Gasteiger charge is 1.93. The predicted octanol–water partition coefficient (Wildman–Crippen LogP) is 5.69. The third-order valence-corrected chi connectivity index (χ3v) is 2.13. The number of allylic oxidation sites excluding steroid dienone is 1. The molecule has 2 aromatic carbocycles. The van der Waals surface area contributed by atoms with Crippen LogP contribution in [0.25, 0.3) is 0 Å². The van der Waals surface area contributed by atoms with Crippen LogP contribution in [0.5, 0.6) is 0 Å². The molecule has 0 N–H and O–H groups in total. The summed E-state index contributed by atoms with van der Waals surface area (Å²) >= 11 is 0. The predicted molar refractivity (Wildman–Crippen MR) is 82.8 cm³/mol. The lowest BCUT2D eigenvalue weighted by atomic mass is 10.0. The molecule has 18 heavy (non-hydrogen) atoms. The molecule has 0 aliphatic heterocycles. The van der Waals surface area contributed by atoms with Gasteiger partial charge in [-0.05, 0) is 18.4 Å². The van der Waals surface area contributed by atoms with Gasteiger partial charge in [0.1, 0.15) is 0 Å². The van der Waals surface area contributed by atoms with Crippen molar-refractivity contribution in [1.82, 2.24) is 0 Å². The highest BCUT2D eigenvalue weighted by atomic mass is 14.0. The topological polar surface area (TPSA) is 0 Å². The van der Waals surface area contributed by atoms with Crippen molar-refractivity contribution in [2.24, 2.45) is 0 Å². The fourth-order valence-corrected chi connectivity index (χ4v) is 1.22. The van der Waals surface area contributed by atoms with Gasteiger partial charge in [-0.15, -0.1) is 6.58 Å². The highest BCUT2D eigenvalue weighted by Crippen LogP contribution is 2.11. The normalized spacial score (nSPS) is 8.44. The Hall–Kier alpha value is -1.82. The van der Waals surface area contributed by atoms with E-state index in [4.69, 9.17) is 0 Å². The molecule has 0 bridgehead atoms. The minimum Gasteiger partial charge on any atom is -0.103 e. The van der Waals surface area contributed by atoms with Gasteiger partial charge in [-0.25, -0.2) is 0 Å². The second-order valence-corrected chi connectivity index (χ2v) is 4.13. The van der Waals surface area contributed by atoms with Crippen molar-refractivity contribution < 1.29 is 0 Å². The molecule has 0 radical (unpaired) electrons. The fraction of sp³-hybridized carbons (Fsp3) is 0.222. The van der Waals surface area contributed by atoms with Gasteiger partial charge in [-0.3, -0.25) is 0 Å². The summed E-state index contributed by atoms with van der Waals surface area (Å²) in [6, 6.07) is 22.5. The molecule has 0 saturated carbocycles. The van der Waals surface area contributed by atoms with Crippen LogP contribution in [0.1, 0.15) is 32.3 Å². The molecule has 96 valence electrons. The Morgan fingerprint density at radius 2 is 1.06 bits per heavy atom. The summed E-state index contributed by atoms with van der Waals surface area (Å²) in [5.41, 5.74) is 1.41. The van der Waals surface area contributed by atoms with Gasteiger partial charge in [0.25, 0.3) is 0 Å². The van der Waals surface area contributed by atoms with Crippen molar-refractivity contribution in [1.29, 1.82) is 0 Å². The van der Waals surface area contributed by atoms with Gasteiger partial charge in [-0.1, -0.05) is 86.7 Å². The van der Waals surface area contributed by atoms with Crippen LogP contribution in [0.15, 0.2) is 79.4 Å². The molecular formula is C18H24. The monoisotopic (exact) mass is 240 g/mol. The molecule has 0 heteroatoms. The molecule has 0 spiro atoms. The highest BCUT2D eigenvalue weighted by molar-refractivity contribution is 5.17. The smallest absolute Gasteiger partial charge is 0.0219 e. The largest absolute Gasteiger partial charge is 0.103 e. The molecular weight excluding hydrogens is 216 g/mol. The zero-order chi connectivity index (χ0) is 13.6. The summed E-state index contributed by atoms with van der Waals surface area (Å²) in [4.78, 5) is 0. The summed E-state index contributed by atoms with van der Waals surface area (Å²) in [7, 11) is 0. The van der Waals surface area contributed by atoms with E-state index in [2.05, 4.69) is 44.7 Å². The SMILES string of the molecule is C=CC.CC(C)c1ccccc1.c1ccccc1. The van der Waals surface area contributed by atoms with Gasteiger partial charge in [0.2, 0.25) is 0 Å². The van der Waals surface area contributed by atoms with Crippen molar-refractivity contribution in [3.8, 4) is 0 Å². The summed E-state index contributed by atoms with van der Waals surface area (Å²) in [5, 5.41) is 0. The number of benzene rings is 2. The Balaban J connectivity index is 0.000000278. The summed E-state index contributed by atoms with van der Waals surface area (Å²) < 4.78 is 0. The van der Waals surface area contributed by atoms with E-state index in [1.165, 1.54) is 5.56 Å². The minimum absolute atomic E-state index is 0.659. The van der Waals surface area contributed by atoms with Gasteiger partial charge in [-0.2, -0.15) is 0 Å². The van der Waals surface area contributed by atoms with Gasteiger partial charge < -0.3 is 0 Å². The van der Waals surface area contributed by atoms with Crippen LogP contribution in [0.2, 0.25) is 0 Å². The van der Waals surface area contributed by atoms with Crippen molar-refractivity contribution in [3.63, 3.8) is 0 Å². The number of hydrogen-bond acceptors (Lipinski definition) is 0. The van der Waals surface area contributed by atoms with Gasteiger partial charge in [0.15, 0.2) is 0 Å². The average Bonchev–Trinajstić information content (AvgIpc) is 2.43. The molecule has 2 aromatic rings. The van der Waals surface area contributed by atoms with E-state index >= 15 is 0 Å². The molecule has 0 nitrogen and oxygen atoms in total. The molecule has 0 heterocycles. The van der Waals surface area contributed by atoms with Crippen LogP contribution in [-0.4, -0.2) is 0 Å². The Kier molecular flexibility index (Phi) is 10.5. The molecule has 0 fully saturated rings. The molecule has 0 amide bonds. The third kappa shape index (κ3) is 9.41. The lowest BCUT2D eigenvalue weighted by Gasteiger charge is -2.01. The molecule has 0 atom stereocenters. The standard InChI is InChI=1S/C9H12.C6H6.C3H6/c1-8(2)9-6-4-3-5-7-9;1-2-4-6-5-3-1;1-3-2/h3-8H,1-2H3;1-6H;3H,1H2,2H3. The van der Waals surface area contributed by atoms with Gasteiger partial charge in [0.05, 0.1) is 0 Å². The van der Waals surface area contributed by atoms with E-state index in [9.17, 15) is 0 Å². The van der Waals surface area contributed by atoms with E-state index < -0.39 is 0 Å². The van der Waals surface area contributed by atoms with E-state index in [0.717, 1.165) is 0 Å². The minimum atomic E-state index is 0.659.